The van der Waals surface area contributed by atoms with Crippen LogP contribution < -0.4 is 10.2 Å². The number of anilines is 2. The molecule has 2 aliphatic carbocycles. The standard InChI is InChI=1S/C19H22N4/c1-2-4-15-12-23(10-9-13(15)3-1)18-11-17(20-16-7-8-16)21-19(22-18)14-5-6-14/h1-4,11,14,16H,5-10,12H2,(H,20,21,22). The summed E-state index contributed by atoms with van der Waals surface area (Å²) in [5.74, 6) is 3.76. The highest BCUT2D eigenvalue weighted by Crippen LogP contribution is 2.39. The van der Waals surface area contributed by atoms with Gasteiger partial charge in [-0.05, 0) is 43.2 Å². The van der Waals surface area contributed by atoms with Gasteiger partial charge in [-0.25, -0.2) is 9.97 Å². The van der Waals surface area contributed by atoms with Gasteiger partial charge in [0.2, 0.25) is 0 Å². The smallest absolute Gasteiger partial charge is 0.136 e. The second kappa shape index (κ2) is 5.22. The van der Waals surface area contributed by atoms with Crippen LogP contribution >= 0.6 is 0 Å². The molecular formula is C19H22N4. The molecule has 2 fully saturated rings. The molecule has 0 spiro atoms. The minimum absolute atomic E-state index is 0.590. The molecule has 0 radical (unpaired) electrons. The molecule has 0 saturated heterocycles. The fourth-order valence-corrected chi connectivity index (χ4v) is 3.34. The average Bonchev–Trinajstić information content (AvgIpc) is 3.47. The minimum atomic E-state index is 0.590. The molecule has 2 heterocycles. The van der Waals surface area contributed by atoms with E-state index in [0.717, 1.165) is 37.0 Å². The number of rotatable bonds is 4. The Balaban J connectivity index is 1.46. The molecule has 1 aromatic heterocycles. The van der Waals surface area contributed by atoms with E-state index in [0.29, 0.717) is 12.0 Å². The van der Waals surface area contributed by atoms with Gasteiger partial charge in [0, 0.05) is 31.1 Å². The van der Waals surface area contributed by atoms with E-state index < -0.39 is 0 Å². The van der Waals surface area contributed by atoms with E-state index in [2.05, 4.69) is 40.5 Å². The van der Waals surface area contributed by atoms with E-state index in [9.17, 15) is 0 Å². The van der Waals surface area contributed by atoms with E-state index in [1.54, 1.807) is 0 Å². The van der Waals surface area contributed by atoms with Crippen LogP contribution in [0.5, 0.6) is 0 Å². The van der Waals surface area contributed by atoms with Crippen molar-refractivity contribution in [3.63, 3.8) is 0 Å². The second-order valence-corrected chi connectivity index (χ2v) is 7.10. The van der Waals surface area contributed by atoms with Gasteiger partial charge in [0.25, 0.3) is 0 Å². The summed E-state index contributed by atoms with van der Waals surface area (Å²) >= 11 is 0. The van der Waals surface area contributed by atoms with Gasteiger partial charge in [-0.15, -0.1) is 0 Å². The van der Waals surface area contributed by atoms with E-state index in [-0.39, 0.29) is 0 Å². The Kier molecular flexibility index (Phi) is 3.03. The number of fused-ring (bicyclic) bond motifs is 1. The third-order valence-electron chi connectivity index (χ3n) is 5.06. The van der Waals surface area contributed by atoms with Crippen LogP contribution in [0.25, 0.3) is 0 Å². The number of nitrogens with zero attached hydrogens (tertiary/aromatic N) is 3. The third kappa shape index (κ3) is 2.78. The first-order valence-electron chi connectivity index (χ1n) is 8.82. The van der Waals surface area contributed by atoms with Gasteiger partial charge in [-0.3, -0.25) is 0 Å². The van der Waals surface area contributed by atoms with Crippen LogP contribution in [-0.4, -0.2) is 22.6 Å². The van der Waals surface area contributed by atoms with Gasteiger partial charge >= 0.3 is 0 Å². The fourth-order valence-electron chi connectivity index (χ4n) is 3.34. The topological polar surface area (TPSA) is 41.0 Å². The first-order chi connectivity index (χ1) is 11.3. The zero-order valence-electron chi connectivity index (χ0n) is 13.3. The van der Waals surface area contributed by atoms with Crippen molar-refractivity contribution < 1.29 is 0 Å². The summed E-state index contributed by atoms with van der Waals surface area (Å²) in [5, 5.41) is 3.56. The first-order valence-corrected chi connectivity index (χ1v) is 8.82. The highest BCUT2D eigenvalue weighted by Gasteiger charge is 2.29. The highest BCUT2D eigenvalue weighted by molar-refractivity contribution is 5.52. The summed E-state index contributed by atoms with van der Waals surface area (Å²) in [6, 6.07) is 11.6. The summed E-state index contributed by atoms with van der Waals surface area (Å²) in [5.41, 5.74) is 2.92. The highest BCUT2D eigenvalue weighted by atomic mass is 15.2. The van der Waals surface area contributed by atoms with Gasteiger partial charge in [-0.1, -0.05) is 24.3 Å². The third-order valence-corrected chi connectivity index (χ3v) is 5.06. The lowest BCUT2D eigenvalue weighted by Gasteiger charge is -2.30. The number of benzene rings is 1. The molecule has 1 N–H and O–H groups in total. The van der Waals surface area contributed by atoms with Crippen molar-refractivity contribution >= 4 is 11.6 Å². The first kappa shape index (κ1) is 13.3. The van der Waals surface area contributed by atoms with Crippen LogP contribution in [0.1, 0.15) is 48.6 Å². The quantitative estimate of drug-likeness (QED) is 0.939. The average molecular weight is 306 g/mol. The second-order valence-electron chi connectivity index (χ2n) is 7.10. The molecule has 0 amide bonds. The molecule has 3 aliphatic rings. The number of hydrogen-bond acceptors (Lipinski definition) is 4. The summed E-state index contributed by atoms with van der Waals surface area (Å²) in [6.45, 7) is 2.00. The molecule has 1 aromatic carbocycles. The SMILES string of the molecule is c1ccc2c(c1)CCN(c1cc(NC3CC3)nc(C3CC3)n1)C2. The lowest BCUT2D eigenvalue weighted by Crippen LogP contribution is -2.31. The molecule has 118 valence electrons. The van der Waals surface area contributed by atoms with Crippen molar-refractivity contribution in [2.24, 2.45) is 0 Å². The normalized spacial score (nSPS) is 20.3. The van der Waals surface area contributed by atoms with Crippen molar-refractivity contribution in [1.29, 1.82) is 0 Å². The molecular weight excluding hydrogens is 284 g/mol. The molecule has 4 heteroatoms. The molecule has 5 rings (SSSR count). The Morgan fingerprint density at radius 3 is 2.61 bits per heavy atom. The summed E-state index contributed by atoms with van der Waals surface area (Å²) in [7, 11) is 0. The number of nitrogens with one attached hydrogen (secondary N) is 1. The van der Waals surface area contributed by atoms with Crippen molar-refractivity contribution in [3.8, 4) is 0 Å². The number of hydrogen-bond donors (Lipinski definition) is 1. The Hall–Kier alpha value is -2.10. The Morgan fingerprint density at radius 2 is 1.83 bits per heavy atom. The van der Waals surface area contributed by atoms with Crippen LogP contribution in [-0.2, 0) is 13.0 Å². The van der Waals surface area contributed by atoms with Crippen LogP contribution in [0.2, 0.25) is 0 Å². The van der Waals surface area contributed by atoms with E-state index in [1.807, 2.05) is 0 Å². The van der Waals surface area contributed by atoms with Crippen LogP contribution in [0.3, 0.4) is 0 Å². The van der Waals surface area contributed by atoms with Crippen LogP contribution in [0.4, 0.5) is 11.6 Å². The fraction of sp³-hybridized carbons (Fsp3) is 0.474. The molecule has 2 saturated carbocycles. The molecule has 1 aliphatic heterocycles. The zero-order chi connectivity index (χ0) is 15.2. The Labute approximate surface area is 137 Å². The van der Waals surface area contributed by atoms with E-state index in [4.69, 9.17) is 9.97 Å². The Morgan fingerprint density at radius 1 is 1.00 bits per heavy atom. The maximum atomic E-state index is 4.89. The van der Waals surface area contributed by atoms with Crippen molar-refractivity contribution in [3.05, 3.63) is 47.3 Å². The molecule has 23 heavy (non-hydrogen) atoms. The summed E-state index contributed by atoms with van der Waals surface area (Å²) < 4.78 is 0. The van der Waals surface area contributed by atoms with E-state index in [1.165, 1.54) is 36.8 Å². The molecule has 0 atom stereocenters. The lowest BCUT2D eigenvalue weighted by molar-refractivity contribution is 0.714. The number of aromatic nitrogens is 2. The predicted molar refractivity (Wildman–Crippen MR) is 91.8 cm³/mol. The van der Waals surface area contributed by atoms with E-state index >= 15 is 0 Å². The maximum Gasteiger partial charge on any atom is 0.136 e. The Bertz CT molecular complexity index is 734. The van der Waals surface area contributed by atoms with Gasteiger partial charge in [0.15, 0.2) is 0 Å². The monoisotopic (exact) mass is 306 g/mol. The lowest BCUT2D eigenvalue weighted by atomic mass is 10.00. The molecule has 0 bridgehead atoms. The minimum Gasteiger partial charge on any atom is -0.367 e. The largest absolute Gasteiger partial charge is 0.367 e. The summed E-state index contributed by atoms with van der Waals surface area (Å²) in [4.78, 5) is 12.1. The predicted octanol–water partition coefficient (Wildman–Crippen LogP) is 3.49. The van der Waals surface area contributed by atoms with Crippen LogP contribution in [0, 0.1) is 0 Å². The van der Waals surface area contributed by atoms with Crippen molar-refractivity contribution in [1.82, 2.24) is 9.97 Å². The maximum absolute atomic E-state index is 4.89. The van der Waals surface area contributed by atoms with Gasteiger partial charge in [0.1, 0.15) is 17.5 Å². The molecule has 0 unspecified atom stereocenters. The van der Waals surface area contributed by atoms with Gasteiger partial charge < -0.3 is 10.2 Å². The van der Waals surface area contributed by atoms with Crippen LogP contribution in [0.15, 0.2) is 30.3 Å². The molecule has 2 aromatic rings. The summed E-state index contributed by atoms with van der Waals surface area (Å²) in [6.07, 6.45) is 6.14. The van der Waals surface area contributed by atoms with Crippen molar-refractivity contribution in [2.75, 3.05) is 16.8 Å². The molecule has 4 nitrogen and oxygen atoms in total. The zero-order valence-corrected chi connectivity index (χ0v) is 13.3. The van der Waals surface area contributed by atoms with Gasteiger partial charge in [-0.2, -0.15) is 0 Å². The van der Waals surface area contributed by atoms with Gasteiger partial charge in [0.05, 0.1) is 0 Å². The van der Waals surface area contributed by atoms with Crippen molar-refractivity contribution in [2.45, 2.75) is 50.6 Å².